The zero-order valence-electron chi connectivity index (χ0n) is 15.4. The molecule has 0 saturated heterocycles. The number of nitrogens with one attached hydrogen (secondary N) is 2. The zero-order chi connectivity index (χ0) is 20.5. The summed E-state index contributed by atoms with van der Waals surface area (Å²) in [5.74, 6) is -0.323. The minimum absolute atomic E-state index is 0.0355. The van der Waals surface area contributed by atoms with Gasteiger partial charge in [0.05, 0.1) is 29.6 Å². The molecule has 4 heterocycles. The van der Waals surface area contributed by atoms with E-state index in [0.717, 1.165) is 12.3 Å². The number of aromatic nitrogens is 6. The molecule has 2 N–H and O–H groups in total. The number of anilines is 3. The molecule has 29 heavy (non-hydrogen) atoms. The summed E-state index contributed by atoms with van der Waals surface area (Å²) < 4.78 is 29.0. The first-order valence-electron chi connectivity index (χ1n) is 8.56. The van der Waals surface area contributed by atoms with Gasteiger partial charge in [0.15, 0.2) is 5.65 Å². The summed E-state index contributed by atoms with van der Waals surface area (Å²) in [5.41, 5.74) is 0.376. The number of hydrogen-bond donors (Lipinski definition) is 2. The van der Waals surface area contributed by atoms with Gasteiger partial charge in [-0.3, -0.25) is 4.98 Å². The maximum absolute atomic E-state index is 14.0. The molecule has 0 bridgehead atoms. The van der Waals surface area contributed by atoms with Crippen LogP contribution >= 0.6 is 11.6 Å². The van der Waals surface area contributed by atoms with Crippen LogP contribution in [0.5, 0.6) is 0 Å². The average Bonchev–Trinajstić information content (AvgIpc) is 3.06. The number of rotatable bonds is 5. The quantitative estimate of drug-likeness (QED) is 0.475. The summed E-state index contributed by atoms with van der Waals surface area (Å²) in [6.07, 6.45) is 4.38. The average molecular weight is 417 g/mol. The molecule has 0 saturated carbocycles. The Bertz CT molecular complexity index is 1200. The first-order chi connectivity index (χ1) is 13.9. The first-order valence-corrected chi connectivity index (χ1v) is 8.93. The van der Waals surface area contributed by atoms with Crippen molar-refractivity contribution in [2.24, 2.45) is 7.05 Å². The Labute approximate surface area is 169 Å². The highest BCUT2D eigenvalue weighted by molar-refractivity contribution is 6.29. The highest BCUT2D eigenvalue weighted by atomic mass is 35.5. The largest absolute Gasteiger partial charge is 0.346 e. The molecule has 4 rings (SSSR count). The molecule has 0 aliphatic heterocycles. The Morgan fingerprint density at radius 3 is 2.69 bits per heavy atom. The Balaban J connectivity index is 1.71. The molecule has 4 aromatic heterocycles. The van der Waals surface area contributed by atoms with E-state index in [9.17, 15) is 8.78 Å². The highest BCUT2D eigenvalue weighted by Crippen LogP contribution is 2.26. The molecule has 0 amide bonds. The van der Waals surface area contributed by atoms with Crippen molar-refractivity contribution in [3.05, 3.63) is 59.4 Å². The van der Waals surface area contributed by atoms with Crippen LogP contribution in [0.2, 0.25) is 5.15 Å². The van der Waals surface area contributed by atoms with E-state index in [-0.39, 0.29) is 16.8 Å². The van der Waals surface area contributed by atoms with Crippen LogP contribution in [0.15, 0.2) is 36.9 Å². The fraction of sp³-hybridized carbons (Fsp3) is 0.167. The lowest BCUT2D eigenvalue weighted by Crippen LogP contribution is -2.14. The van der Waals surface area contributed by atoms with Gasteiger partial charge in [-0.05, 0) is 19.1 Å². The lowest BCUT2D eigenvalue weighted by Gasteiger charge is -2.15. The molecule has 8 nitrogen and oxygen atoms in total. The van der Waals surface area contributed by atoms with Crippen LogP contribution in [0, 0.1) is 11.6 Å². The van der Waals surface area contributed by atoms with Crippen molar-refractivity contribution < 1.29 is 8.78 Å². The first kappa shape index (κ1) is 18.9. The van der Waals surface area contributed by atoms with Gasteiger partial charge in [0.2, 0.25) is 5.95 Å². The molecular weight excluding hydrogens is 402 g/mol. The van der Waals surface area contributed by atoms with Crippen LogP contribution in [-0.4, -0.2) is 29.5 Å². The predicted molar refractivity (Wildman–Crippen MR) is 105 cm³/mol. The van der Waals surface area contributed by atoms with Crippen molar-refractivity contribution in [3.63, 3.8) is 0 Å². The SMILES string of the molecule is C[C@@H](Nc1nc(Nc2cn(C)cn2)c2ccc(Cl)nc2n1)c1ncc(F)cc1F. The Kier molecular flexibility index (Phi) is 4.93. The summed E-state index contributed by atoms with van der Waals surface area (Å²) >= 11 is 6.00. The van der Waals surface area contributed by atoms with Crippen molar-refractivity contribution in [1.29, 1.82) is 0 Å². The van der Waals surface area contributed by atoms with Gasteiger partial charge in [-0.2, -0.15) is 9.97 Å². The van der Waals surface area contributed by atoms with E-state index in [1.54, 1.807) is 36.1 Å². The van der Waals surface area contributed by atoms with Crippen LogP contribution in [0.3, 0.4) is 0 Å². The molecule has 0 aliphatic carbocycles. The van der Waals surface area contributed by atoms with Crippen LogP contribution in [-0.2, 0) is 7.05 Å². The number of imidazole rings is 1. The van der Waals surface area contributed by atoms with Gasteiger partial charge in [-0.1, -0.05) is 11.6 Å². The lowest BCUT2D eigenvalue weighted by molar-refractivity contribution is 0.550. The summed E-state index contributed by atoms with van der Waals surface area (Å²) in [5, 5.41) is 6.98. The smallest absolute Gasteiger partial charge is 0.227 e. The van der Waals surface area contributed by atoms with Crippen molar-refractivity contribution in [1.82, 2.24) is 29.5 Å². The summed E-state index contributed by atoms with van der Waals surface area (Å²) in [4.78, 5) is 21.1. The number of pyridine rings is 2. The second kappa shape index (κ2) is 7.55. The van der Waals surface area contributed by atoms with Gasteiger partial charge < -0.3 is 15.2 Å². The van der Waals surface area contributed by atoms with E-state index in [1.165, 1.54) is 0 Å². The standard InChI is InChI=1S/C18H15ClF2N8/c1-9(15-12(21)5-10(20)6-22-15)24-18-27-16-11(3-4-13(19)25-16)17(28-18)26-14-7-29(2)8-23-14/h3-9H,1-2H3,(H2,24,25,26,27,28)/t9-/m1/s1. The Morgan fingerprint density at radius 1 is 1.14 bits per heavy atom. The van der Waals surface area contributed by atoms with E-state index in [4.69, 9.17) is 11.6 Å². The molecule has 0 aliphatic rings. The Hall–Kier alpha value is -3.40. The van der Waals surface area contributed by atoms with Gasteiger partial charge in [-0.25, -0.2) is 18.7 Å². The number of halogens is 3. The third-order valence-corrected chi connectivity index (χ3v) is 4.28. The lowest BCUT2D eigenvalue weighted by atomic mass is 10.2. The van der Waals surface area contributed by atoms with Gasteiger partial charge in [0.1, 0.15) is 28.4 Å². The van der Waals surface area contributed by atoms with E-state index in [2.05, 4.69) is 35.6 Å². The zero-order valence-corrected chi connectivity index (χ0v) is 16.1. The van der Waals surface area contributed by atoms with E-state index in [0.29, 0.717) is 22.7 Å². The van der Waals surface area contributed by atoms with E-state index < -0.39 is 17.7 Å². The van der Waals surface area contributed by atoms with Gasteiger partial charge in [0.25, 0.3) is 0 Å². The molecule has 0 unspecified atom stereocenters. The van der Waals surface area contributed by atoms with E-state index >= 15 is 0 Å². The number of nitrogens with zero attached hydrogens (tertiary/aromatic N) is 6. The highest BCUT2D eigenvalue weighted by Gasteiger charge is 2.17. The molecule has 0 spiro atoms. The maximum Gasteiger partial charge on any atom is 0.227 e. The van der Waals surface area contributed by atoms with Gasteiger partial charge in [-0.15, -0.1) is 0 Å². The number of hydrogen-bond acceptors (Lipinski definition) is 7. The second-order valence-electron chi connectivity index (χ2n) is 6.34. The molecule has 1 atom stereocenters. The molecule has 148 valence electrons. The van der Waals surface area contributed by atoms with Crippen molar-refractivity contribution in [2.75, 3.05) is 10.6 Å². The maximum atomic E-state index is 14.0. The third kappa shape index (κ3) is 4.06. The van der Waals surface area contributed by atoms with Crippen LogP contribution in [0.4, 0.5) is 26.4 Å². The van der Waals surface area contributed by atoms with Crippen LogP contribution in [0.25, 0.3) is 11.0 Å². The number of aryl methyl sites for hydroxylation is 1. The Morgan fingerprint density at radius 2 is 1.97 bits per heavy atom. The van der Waals surface area contributed by atoms with Crippen molar-refractivity contribution >= 4 is 40.2 Å². The fourth-order valence-electron chi connectivity index (χ4n) is 2.75. The van der Waals surface area contributed by atoms with Crippen LogP contribution in [0.1, 0.15) is 18.7 Å². The second-order valence-corrected chi connectivity index (χ2v) is 6.72. The normalized spacial score (nSPS) is 12.2. The molecule has 11 heteroatoms. The molecule has 0 fully saturated rings. The van der Waals surface area contributed by atoms with Gasteiger partial charge in [0, 0.05) is 19.3 Å². The minimum Gasteiger partial charge on any atom is -0.346 e. The predicted octanol–water partition coefficient (Wildman–Crippen LogP) is 4.00. The summed E-state index contributed by atoms with van der Waals surface area (Å²) in [6, 6.07) is 3.52. The van der Waals surface area contributed by atoms with Crippen molar-refractivity contribution in [3.8, 4) is 0 Å². The summed E-state index contributed by atoms with van der Waals surface area (Å²) in [7, 11) is 1.84. The molecule has 0 radical (unpaired) electrons. The minimum atomic E-state index is -0.765. The van der Waals surface area contributed by atoms with Crippen molar-refractivity contribution in [2.45, 2.75) is 13.0 Å². The van der Waals surface area contributed by atoms with Gasteiger partial charge >= 0.3 is 0 Å². The molecular formula is C18H15ClF2N8. The van der Waals surface area contributed by atoms with Crippen LogP contribution < -0.4 is 10.6 Å². The fourth-order valence-corrected chi connectivity index (χ4v) is 2.89. The monoisotopic (exact) mass is 416 g/mol. The third-order valence-electron chi connectivity index (χ3n) is 4.07. The molecule has 4 aromatic rings. The number of fused-ring (bicyclic) bond motifs is 1. The molecule has 0 aromatic carbocycles. The van der Waals surface area contributed by atoms with E-state index in [1.807, 2.05) is 7.05 Å². The topological polar surface area (TPSA) is 93.4 Å². The summed E-state index contributed by atoms with van der Waals surface area (Å²) in [6.45, 7) is 1.66.